The summed E-state index contributed by atoms with van der Waals surface area (Å²) < 4.78 is 5.48. The minimum absolute atomic E-state index is 0.0164. The number of amides is 1. The molecule has 1 amide bonds. The summed E-state index contributed by atoms with van der Waals surface area (Å²) in [5.74, 6) is 0.848. The molecular weight excluding hydrogens is 338 g/mol. The van der Waals surface area contributed by atoms with Crippen molar-refractivity contribution in [3.8, 4) is 5.75 Å². The average Bonchev–Trinajstić information content (AvgIpc) is 3.19. The van der Waals surface area contributed by atoms with Gasteiger partial charge in [-0.1, -0.05) is 37.6 Å². The van der Waals surface area contributed by atoms with Crippen LogP contribution >= 0.6 is 0 Å². The first-order chi connectivity index (χ1) is 13.2. The van der Waals surface area contributed by atoms with Crippen LogP contribution in [0.3, 0.4) is 0 Å². The molecule has 1 aliphatic heterocycles. The van der Waals surface area contributed by atoms with E-state index in [1.54, 1.807) is 0 Å². The summed E-state index contributed by atoms with van der Waals surface area (Å²) >= 11 is 0. The molecule has 0 bridgehead atoms. The van der Waals surface area contributed by atoms with Crippen molar-refractivity contribution in [2.75, 3.05) is 11.9 Å². The van der Waals surface area contributed by atoms with Crippen LogP contribution in [0.5, 0.6) is 5.75 Å². The highest BCUT2D eigenvalue weighted by Crippen LogP contribution is 2.25. The van der Waals surface area contributed by atoms with E-state index in [-0.39, 0.29) is 18.0 Å². The van der Waals surface area contributed by atoms with E-state index in [4.69, 9.17) is 4.74 Å². The zero-order valence-corrected chi connectivity index (χ0v) is 16.1. The highest BCUT2D eigenvalue weighted by molar-refractivity contribution is 5.95. The van der Waals surface area contributed by atoms with Crippen LogP contribution in [-0.2, 0) is 11.2 Å². The van der Waals surface area contributed by atoms with Gasteiger partial charge in [-0.2, -0.15) is 0 Å². The van der Waals surface area contributed by atoms with Gasteiger partial charge in [-0.05, 0) is 61.6 Å². The Morgan fingerprint density at radius 2 is 1.81 bits per heavy atom. The standard InChI is InChI=1S/C22H29N3O2/c1-3-5-6-16-7-11-18(12-8-16)23-22(26)21-15-20(24-25-21)17-9-13-19(14-10-17)27-4-2/h7-14,20-21,24-25H,3-6,15H2,1-2H3,(H,23,26). The maximum absolute atomic E-state index is 12.6. The predicted octanol–water partition coefficient (Wildman–Crippen LogP) is 3.97. The number of unbranched alkanes of at least 4 members (excludes halogenated alkanes) is 1. The van der Waals surface area contributed by atoms with Crippen LogP contribution in [0.15, 0.2) is 48.5 Å². The molecule has 0 aromatic heterocycles. The number of rotatable bonds is 8. The van der Waals surface area contributed by atoms with Gasteiger partial charge in [-0.25, -0.2) is 10.9 Å². The smallest absolute Gasteiger partial charge is 0.242 e. The number of benzene rings is 2. The Labute approximate surface area is 161 Å². The number of hydrogen-bond donors (Lipinski definition) is 3. The molecule has 3 N–H and O–H groups in total. The maximum atomic E-state index is 12.6. The first-order valence-corrected chi connectivity index (χ1v) is 9.83. The lowest BCUT2D eigenvalue weighted by atomic mass is 10.0. The monoisotopic (exact) mass is 367 g/mol. The maximum Gasteiger partial charge on any atom is 0.242 e. The van der Waals surface area contributed by atoms with Gasteiger partial charge in [0.2, 0.25) is 5.91 Å². The number of ether oxygens (including phenoxy) is 1. The van der Waals surface area contributed by atoms with E-state index in [9.17, 15) is 4.79 Å². The van der Waals surface area contributed by atoms with Crippen LogP contribution in [0.25, 0.3) is 0 Å². The van der Waals surface area contributed by atoms with Gasteiger partial charge in [0.25, 0.3) is 0 Å². The Balaban J connectivity index is 1.52. The molecule has 3 rings (SSSR count). The van der Waals surface area contributed by atoms with Crippen LogP contribution in [0.1, 0.15) is 50.3 Å². The summed E-state index contributed by atoms with van der Waals surface area (Å²) in [4.78, 5) is 12.6. The summed E-state index contributed by atoms with van der Waals surface area (Å²) in [5, 5.41) is 3.00. The number of carbonyl (C=O) groups excluding carboxylic acids is 1. The van der Waals surface area contributed by atoms with Crippen molar-refractivity contribution in [2.24, 2.45) is 0 Å². The first kappa shape index (κ1) is 19.4. The molecule has 2 atom stereocenters. The van der Waals surface area contributed by atoms with Crippen molar-refractivity contribution in [3.05, 3.63) is 59.7 Å². The van der Waals surface area contributed by atoms with Crippen molar-refractivity contribution in [1.82, 2.24) is 10.9 Å². The van der Waals surface area contributed by atoms with E-state index < -0.39 is 0 Å². The molecule has 0 aliphatic carbocycles. The van der Waals surface area contributed by atoms with Gasteiger partial charge in [0.05, 0.1) is 6.61 Å². The highest BCUT2D eigenvalue weighted by Gasteiger charge is 2.30. The second kappa shape index (κ2) is 9.53. The molecule has 5 nitrogen and oxygen atoms in total. The van der Waals surface area contributed by atoms with Crippen LogP contribution in [0.4, 0.5) is 5.69 Å². The van der Waals surface area contributed by atoms with Gasteiger partial charge >= 0.3 is 0 Å². The van der Waals surface area contributed by atoms with Crippen molar-refractivity contribution in [2.45, 2.75) is 51.6 Å². The van der Waals surface area contributed by atoms with E-state index >= 15 is 0 Å². The van der Waals surface area contributed by atoms with E-state index in [1.807, 2.05) is 43.3 Å². The third-order valence-electron chi connectivity index (χ3n) is 4.85. The van der Waals surface area contributed by atoms with E-state index in [1.165, 1.54) is 18.4 Å². The Hall–Kier alpha value is -2.37. The largest absolute Gasteiger partial charge is 0.494 e. The molecule has 5 heteroatoms. The van der Waals surface area contributed by atoms with Crippen LogP contribution in [0.2, 0.25) is 0 Å². The van der Waals surface area contributed by atoms with Crippen LogP contribution in [-0.4, -0.2) is 18.6 Å². The second-order valence-electron chi connectivity index (χ2n) is 6.92. The molecule has 2 unspecified atom stereocenters. The number of nitrogens with one attached hydrogen (secondary N) is 3. The average molecular weight is 367 g/mol. The normalized spacial score (nSPS) is 19.0. The lowest BCUT2D eigenvalue weighted by Crippen LogP contribution is -2.39. The lowest BCUT2D eigenvalue weighted by molar-refractivity contribution is -0.117. The summed E-state index contributed by atoms with van der Waals surface area (Å²) in [6.07, 6.45) is 4.17. The zero-order chi connectivity index (χ0) is 19.1. The Morgan fingerprint density at radius 3 is 2.48 bits per heavy atom. The van der Waals surface area contributed by atoms with Gasteiger partial charge in [-0.15, -0.1) is 0 Å². The number of hydrazine groups is 1. The molecule has 0 saturated carbocycles. The first-order valence-electron chi connectivity index (χ1n) is 9.83. The molecule has 1 saturated heterocycles. The fourth-order valence-corrected chi connectivity index (χ4v) is 3.27. The van der Waals surface area contributed by atoms with Gasteiger partial charge in [0.1, 0.15) is 11.8 Å². The molecule has 0 radical (unpaired) electrons. The summed E-state index contributed by atoms with van der Waals surface area (Å²) in [7, 11) is 0. The quantitative estimate of drug-likeness (QED) is 0.661. The Kier molecular flexibility index (Phi) is 6.85. The molecule has 2 aromatic carbocycles. The number of hydrogen-bond acceptors (Lipinski definition) is 4. The van der Waals surface area contributed by atoms with Gasteiger partial charge in [0.15, 0.2) is 0 Å². The topological polar surface area (TPSA) is 62.4 Å². The predicted molar refractivity (Wildman–Crippen MR) is 109 cm³/mol. The second-order valence-corrected chi connectivity index (χ2v) is 6.92. The fraction of sp³-hybridized carbons (Fsp3) is 0.409. The van der Waals surface area contributed by atoms with Gasteiger partial charge in [-0.3, -0.25) is 4.79 Å². The number of aryl methyl sites for hydroxylation is 1. The zero-order valence-electron chi connectivity index (χ0n) is 16.1. The summed E-state index contributed by atoms with van der Waals surface area (Å²) in [5.41, 5.74) is 9.62. The Morgan fingerprint density at radius 1 is 1.07 bits per heavy atom. The van der Waals surface area contributed by atoms with Crippen LogP contribution < -0.4 is 20.9 Å². The van der Waals surface area contributed by atoms with Crippen LogP contribution in [0, 0.1) is 0 Å². The third kappa shape index (κ3) is 5.31. The fourth-order valence-electron chi connectivity index (χ4n) is 3.27. The van der Waals surface area contributed by atoms with Crippen molar-refractivity contribution in [1.29, 1.82) is 0 Å². The van der Waals surface area contributed by atoms with Crippen molar-refractivity contribution in [3.63, 3.8) is 0 Å². The van der Waals surface area contributed by atoms with Gasteiger partial charge in [0, 0.05) is 11.7 Å². The molecule has 2 aromatic rings. The van der Waals surface area contributed by atoms with Crippen molar-refractivity contribution >= 4 is 11.6 Å². The lowest BCUT2D eigenvalue weighted by Gasteiger charge is -2.12. The molecule has 1 heterocycles. The molecule has 1 fully saturated rings. The highest BCUT2D eigenvalue weighted by atomic mass is 16.5. The number of carbonyl (C=O) groups is 1. The molecule has 27 heavy (non-hydrogen) atoms. The minimum atomic E-state index is -0.263. The summed E-state index contributed by atoms with van der Waals surface area (Å²) in [6.45, 7) is 4.82. The third-order valence-corrected chi connectivity index (χ3v) is 4.85. The van der Waals surface area contributed by atoms with Crippen molar-refractivity contribution < 1.29 is 9.53 Å². The Bertz CT molecular complexity index is 728. The van der Waals surface area contributed by atoms with E-state index in [0.717, 1.165) is 23.4 Å². The SMILES string of the molecule is CCCCc1ccc(NC(=O)C2CC(c3ccc(OCC)cc3)NN2)cc1. The van der Waals surface area contributed by atoms with E-state index in [2.05, 4.69) is 35.2 Å². The molecule has 144 valence electrons. The number of anilines is 1. The van der Waals surface area contributed by atoms with Gasteiger partial charge < -0.3 is 10.1 Å². The minimum Gasteiger partial charge on any atom is -0.494 e. The van der Waals surface area contributed by atoms with E-state index in [0.29, 0.717) is 13.0 Å². The summed E-state index contributed by atoms with van der Waals surface area (Å²) in [6, 6.07) is 16.0. The molecule has 0 spiro atoms. The molecular formula is C22H29N3O2. The molecule has 1 aliphatic rings.